The first-order valence-electron chi connectivity index (χ1n) is 20.0. The van der Waals surface area contributed by atoms with Crippen LogP contribution in [0.15, 0.2) is 0 Å². The molecule has 1 saturated heterocycles. The van der Waals surface area contributed by atoms with Gasteiger partial charge in [-0.2, -0.15) is 0 Å². The Morgan fingerprint density at radius 2 is 1.48 bits per heavy atom. The maximum Gasteiger partial charge on any atom is 0.315 e. The molecule has 5 atom stereocenters. The van der Waals surface area contributed by atoms with Crippen LogP contribution in [0.5, 0.6) is 0 Å². The molecule has 5 aliphatic carbocycles. The van der Waals surface area contributed by atoms with E-state index in [0.717, 1.165) is 77.0 Å². The van der Waals surface area contributed by atoms with Gasteiger partial charge in [0, 0.05) is 26.2 Å². The van der Waals surface area contributed by atoms with Gasteiger partial charge in [0.25, 0.3) is 5.91 Å². The van der Waals surface area contributed by atoms with Crippen LogP contribution in [0.4, 0.5) is 4.79 Å². The second-order valence-electron chi connectivity index (χ2n) is 18.0. The fourth-order valence-corrected chi connectivity index (χ4v) is 11.3. The van der Waals surface area contributed by atoms with Crippen molar-refractivity contribution < 1.29 is 32.4 Å². The highest BCUT2D eigenvalue weighted by Gasteiger charge is 2.70. The molecule has 4 N–H and O–H groups in total. The van der Waals surface area contributed by atoms with Crippen LogP contribution in [0, 0.1) is 28.6 Å². The van der Waals surface area contributed by atoms with E-state index in [2.05, 4.69) is 35.1 Å². The Bertz CT molecular complexity index is 1510. The third kappa shape index (κ3) is 8.32. The molecular weight excluding hydrogens is 685 g/mol. The molecule has 0 radical (unpaired) electrons. The SMILES string of the molecule is CCN(C)S(=O)(=O)CC1(NC(=O)NC(C(=O)N2CC3C(C2C(=O)NC(CC2CC2)C(=O)C(=O)NC2CC2)C3(C)C)C2(C)CCCCC2)CCCCC1. The Labute approximate surface area is 309 Å². The summed E-state index contributed by atoms with van der Waals surface area (Å²) >= 11 is 0. The lowest BCUT2D eigenvalue weighted by atomic mass is 9.70. The quantitative estimate of drug-likeness (QED) is 0.186. The highest BCUT2D eigenvalue weighted by molar-refractivity contribution is 7.89. The normalized spacial score (nSPS) is 28.6. The predicted molar refractivity (Wildman–Crippen MR) is 196 cm³/mol. The molecule has 0 spiro atoms. The average molecular weight is 747 g/mol. The lowest BCUT2D eigenvalue weighted by molar-refractivity contribution is -0.146. The van der Waals surface area contributed by atoms with Crippen molar-refractivity contribution in [2.75, 3.05) is 25.9 Å². The van der Waals surface area contributed by atoms with Crippen molar-refractivity contribution in [3.8, 4) is 0 Å². The molecule has 1 aliphatic heterocycles. The molecule has 5 saturated carbocycles. The van der Waals surface area contributed by atoms with Gasteiger partial charge in [-0.3, -0.25) is 19.2 Å². The van der Waals surface area contributed by atoms with Gasteiger partial charge in [0.2, 0.25) is 27.6 Å². The van der Waals surface area contributed by atoms with Crippen LogP contribution < -0.4 is 21.3 Å². The molecule has 0 bridgehead atoms. The monoisotopic (exact) mass is 746 g/mol. The number of piperidine rings is 1. The molecule has 5 amide bonds. The van der Waals surface area contributed by atoms with Crippen molar-refractivity contribution >= 4 is 39.6 Å². The van der Waals surface area contributed by atoms with Gasteiger partial charge in [0.1, 0.15) is 12.1 Å². The number of likely N-dealkylation sites (tertiary alicyclic amines) is 1. The molecular formula is C38H62N6O7S. The Morgan fingerprint density at radius 3 is 2.06 bits per heavy atom. The molecule has 292 valence electrons. The third-order valence-corrected chi connectivity index (χ3v) is 15.7. The first-order valence-corrected chi connectivity index (χ1v) is 21.6. The van der Waals surface area contributed by atoms with Crippen LogP contribution in [0.25, 0.3) is 0 Å². The fourth-order valence-electron chi connectivity index (χ4n) is 9.58. The van der Waals surface area contributed by atoms with Gasteiger partial charge >= 0.3 is 6.03 Å². The Morgan fingerprint density at radius 1 is 0.865 bits per heavy atom. The van der Waals surface area contributed by atoms with E-state index in [1.165, 1.54) is 4.31 Å². The summed E-state index contributed by atoms with van der Waals surface area (Å²) in [5.41, 5.74) is -1.71. The molecule has 6 rings (SSSR count). The van der Waals surface area contributed by atoms with Crippen LogP contribution in [0.1, 0.15) is 124 Å². The summed E-state index contributed by atoms with van der Waals surface area (Å²) in [6.07, 6.45) is 11.9. The number of ketones is 1. The first kappa shape index (κ1) is 39.0. The van der Waals surface area contributed by atoms with Gasteiger partial charge in [-0.15, -0.1) is 0 Å². The summed E-state index contributed by atoms with van der Waals surface area (Å²) in [5.74, 6) is -2.01. The minimum Gasteiger partial charge on any atom is -0.347 e. The van der Waals surface area contributed by atoms with Crippen molar-refractivity contribution in [1.82, 2.24) is 30.5 Å². The molecule has 6 aliphatic rings. The van der Waals surface area contributed by atoms with E-state index < -0.39 is 62.7 Å². The maximum absolute atomic E-state index is 14.9. The van der Waals surface area contributed by atoms with Gasteiger partial charge < -0.3 is 26.2 Å². The van der Waals surface area contributed by atoms with Gasteiger partial charge in [-0.05, 0) is 73.5 Å². The number of sulfonamides is 1. The zero-order valence-corrected chi connectivity index (χ0v) is 32.7. The number of carbonyl (C=O) groups excluding carboxylic acids is 5. The fraction of sp³-hybridized carbons (Fsp3) is 0.868. The minimum atomic E-state index is -3.64. The maximum atomic E-state index is 14.9. The number of fused-ring (bicyclic) bond motifs is 1. The van der Waals surface area contributed by atoms with Crippen molar-refractivity contribution in [3.05, 3.63) is 0 Å². The van der Waals surface area contributed by atoms with E-state index in [4.69, 9.17) is 0 Å². The lowest BCUT2D eigenvalue weighted by Crippen LogP contribution is -2.65. The van der Waals surface area contributed by atoms with Crippen molar-refractivity contribution in [3.63, 3.8) is 0 Å². The third-order valence-electron chi connectivity index (χ3n) is 13.6. The second-order valence-corrected chi connectivity index (χ2v) is 20.1. The van der Waals surface area contributed by atoms with E-state index in [1.807, 2.05) is 6.92 Å². The van der Waals surface area contributed by atoms with Crippen LogP contribution in [-0.2, 0) is 29.2 Å². The highest BCUT2D eigenvalue weighted by Crippen LogP contribution is 2.65. The summed E-state index contributed by atoms with van der Waals surface area (Å²) in [4.78, 5) is 71.1. The number of carbonyl (C=O) groups is 5. The number of Topliss-reactive ketones (excluding diaryl/α,β-unsaturated/α-hetero) is 1. The first-order chi connectivity index (χ1) is 24.5. The summed E-state index contributed by atoms with van der Waals surface area (Å²) in [5, 5.41) is 11.8. The summed E-state index contributed by atoms with van der Waals surface area (Å²) < 4.78 is 27.9. The molecule has 6 fully saturated rings. The standard InChI is InChI=1S/C38H62N6O7S/c1-6-43(5)52(50,51)23-38(19-11-8-12-20-38)42-35(49)41-31(37(4)17-9-7-10-18-37)34(48)44-22-26-28(36(26,2)3)29(44)32(46)40-27(21-24-13-14-24)30(45)33(47)39-25-15-16-25/h24-29,31H,6-23H2,1-5H3,(H,39,47)(H,40,46)(H2,41,42,49). The van der Waals surface area contributed by atoms with Gasteiger partial charge in [-0.1, -0.05) is 79.1 Å². The van der Waals surface area contributed by atoms with Crippen LogP contribution in [0.3, 0.4) is 0 Å². The molecule has 0 aromatic carbocycles. The molecule has 13 nitrogen and oxygen atoms in total. The molecule has 14 heteroatoms. The number of nitrogens with one attached hydrogen (secondary N) is 4. The van der Waals surface area contributed by atoms with Crippen LogP contribution in [0.2, 0.25) is 0 Å². The van der Waals surface area contributed by atoms with E-state index in [9.17, 15) is 32.4 Å². The minimum absolute atomic E-state index is 0.0163. The summed E-state index contributed by atoms with van der Waals surface area (Å²) in [7, 11) is -2.09. The van der Waals surface area contributed by atoms with Crippen molar-refractivity contribution in [2.24, 2.45) is 28.6 Å². The molecule has 5 unspecified atom stereocenters. The number of amides is 5. The predicted octanol–water partition coefficient (Wildman–Crippen LogP) is 3.22. The Balaban J connectivity index is 1.23. The molecule has 52 heavy (non-hydrogen) atoms. The average Bonchev–Trinajstić information content (AvgIpc) is 4.06. The number of urea groups is 1. The lowest BCUT2D eigenvalue weighted by Gasteiger charge is -2.44. The second kappa shape index (κ2) is 14.8. The summed E-state index contributed by atoms with van der Waals surface area (Å²) in [6.45, 7) is 8.69. The van der Waals surface area contributed by atoms with Crippen molar-refractivity contribution in [1.29, 1.82) is 0 Å². The number of nitrogens with zero attached hydrogens (tertiary/aromatic N) is 2. The number of rotatable bonds is 15. The smallest absolute Gasteiger partial charge is 0.315 e. The van der Waals surface area contributed by atoms with Gasteiger partial charge in [0.05, 0.1) is 17.3 Å². The van der Waals surface area contributed by atoms with Crippen LogP contribution >= 0.6 is 0 Å². The molecule has 1 heterocycles. The summed E-state index contributed by atoms with van der Waals surface area (Å²) in [6, 6.07) is -3.28. The molecule has 0 aromatic heterocycles. The number of hydrogen-bond acceptors (Lipinski definition) is 7. The highest BCUT2D eigenvalue weighted by atomic mass is 32.2. The van der Waals surface area contributed by atoms with Crippen molar-refractivity contribution in [2.45, 2.75) is 154 Å². The van der Waals surface area contributed by atoms with E-state index in [0.29, 0.717) is 32.4 Å². The topological polar surface area (TPSA) is 174 Å². The van der Waals surface area contributed by atoms with E-state index in [1.54, 1.807) is 18.9 Å². The van der Waals surface area contributed by atoms with Gasteiger partial charge in [0.15, 0.2) is 0 Å². The van der Waals surface area contributed by atoms with E-state index >= 15 is 0 Å². The van der Waals surface area contributed by atoms with Gasteiger partial charge in [-0.25, -0.2) is 17.5 Å². The molecule has 0 aromatic rings. The van der Waals surface area contributed by atoms with E-state index in [-0.39, 0.29) is 40.9 Å². The Kier molecular flexibility index (Phi) is 11.1. The Hall–Kier alpha value is -2.74. The zero-order chi connectivity index (χ0) is 37.6. The largest absolute Gasteiger partial charge is 0.347 e. The van der Waals surface area contributed by atoms with Crippen LogP contribution in [-0.4, -0.2) is 103 Å². The zero-order valence-electron chi connectivity index (χ0n) is 31.9. The number of hydrogen-bond donors (Lipinski definition) is 4.